The Labute approximate surface area is 189 Å². The topological polar surface area (TPSA) is 42.0 Å². The minimum atomic E-state index is -0.163. The highest BCUT2D eigenvalue weighted by atomic mass is 127. The zero-order chi connectivity index (χ0) is 21.0. The van der Waals surface area contributed by atoms with Crippen LogP contribution in [0, 0.1) is 3.57 Å². The Kier molecular flexibility index (Phi) is 6.92. The van der Waals surface area contributed by atoms with Crippen molar-refractivity contribution in [1.29, 1.82) is 0 Å². The fraction of sp³-hybridized carbons (Fsp3) is 0.182. The average molecular weight is 520 g/mol. The molecule has 7 heteroatoms. The summed E-state index contributed by atoms with van der Waals surface area (Å²) in [6.07, 6.45) is 3.51. The Hall–Kier alpha value is -2.39. The van der Waals surface area contributed by atoms with E-state index in [-0.39, 0.29) is 5.91 Å². The third-order valence-corrected chi connectivity index (χ3v) is 5.51. The van der Waals surface area contributed by atoms with Crippen LogP contribution in [0.3, 0.4) is 0 Å². The number of para-hydroxylation sites is 1. The molecule has 3 rings (SSSR count). The van der Waals surface area contributed by atoms with Gasteiger partial charge in [0, 0.05) is 7.05 Å². The van der Waals surface area contributed by atoms with Crippen LogP contribution in [0.1, 0.15) is 12.5 Å². The Bertz CT molecular complexity index is 976. The summed E-state index contributed by atoms with van der Waals surface area (Å²) in [5.41, 5.74) is 2.07. The van der Waals surface area contributed by atoms with E-state index in [1.165, 1.54) is 4.90 Å². The summed E-state index contributed by atoms with van der Waals surface area (Å²) in [6, 6.07) is 13.2. The number of thiocarbonyl (C=S) groups is 1. The first kappa shape index (κ1) is 21.3. The van der Waals surface area contributed by atoms with Gasteiger partial charge in [0.05, 0.1) is 15.9 Å². The molecule has 1 amide bonds. The summed E-state index contributed by atoms with van der Waals surface area (Å²) in [6.45, 7) is 6.49. The number of likely N-dealkylation sites (N-methyl/N-ethyl adjacent to an activating group) is 1. The molecule has 1 fully saturated rings. The van der Waals surface area contributed by atoms with Crippen LogP contribution in [0.4, 0.5) is 5.69 Å². The summed E-state index contributed by atoms with van der Waals surface area (Å²) in [5, 5.41) is 0.443. The second kappa shape index (κ2) is 9.41. The standard InChI is InChI=1S/C22H21IN2O3S/c1-4-11-28-20-17(23)12-15(14-19(20)27-5-2)13-18-21(26)25(22(29)24(18)3)16-9-7-6-8-10-16/h4,6-10,12-14H,1,5,11H2,2-3H3/b18-13-. The van der Waals surface area contributed by atoms with Gasteiger partial charge in [-0.15, -0.1) is 0 Å². The average Bonchev–Trinajstić information content (AvgIpc) is 2.91. The molecule has 0 radical (unpaired) electrons. The fourth-order valence-corrected chi connectivity index (χ4v) is 4.00. The highest BCUT2D eigenvalue weighted by molar-refractivity contribution is 14.1. The van der Waals surface area contributed by atoms with Crippen LogP contribution < -0.4 is 14.4 Å². The quantitative estimate of drug-likeness (QED) is 0.226. The first-order valence-corrected chi connectivity index (χ1v) is 10.6. The van der Waals surface area contributed by atoms with Gasteiger partial charge in [-0.2, -0.15) is 0 Å². The molecule has 1 heterocycles. The van der Waals surface area contributed by atoms with Crippen LogP contribution in [0.15, 0.2) is 60.8 Å². The van der Waals surface area contributed by atoms with Gasteiger partial charge in [-0.3, -0.25) is 9.69 Å². The molecule has 2 aromatic carbocycles. The van der Waals surface area contributed by atoms with Crippen molar-refractivity contribution in [3.05, 3.63) is 70.0 Å². The zero-order valence-electron chi connectivity index (χ0n) is 16.2. The van der Waals surface area contributed by atoms with E-state index in [1.807, 2.05) is 55.5 Å². The maximum absolute atomic E-state index is 13.1. The Morgan fingerprint density at radius 2 is 1.93 bits per heavy atom. The van der Waals surface area contributed by atoms with Crippen molar-refractivity contribution < 1.29 is 14.3 Å². The number of hydrogen-bond acceptors (Lipinski definition) is 4. The van der Waals surface area contributed by atoms with Crippen molar-refractivity contribution in [1.82, 2.24) is 4.90 Å². The molecule has 5 nitrogen and oxygen atoms in total. The summed E-state index contributed by atoms with van der Waals surface area (Å²) in [7, 11) is 1.80. The largest absolute Gasteiger partial charge is 0.490 e. The second-order valence-electron chi connectivity index (χ2n) is 6.21. The van der Waals surface area contributed by atoms with Crippen LogP contribution in [-0.4, -0.2) is 36.2 Å². The summed E-state index contributed by atoms with van der Waals surface area (Å²) < 4.78 is 12.4. The lowest BCUT2D eigenvalue weighted by Gasteiger charge is -2.16. The predicted molar refractivity (Wildman–Crippen MR) is 128 cm³/mol. The molecule has 0 N–H and O–H groups in total. The van der Waals surface area contributed by atoms with Crippen LogP contribution >= 0.6 is 34.8 Å². The number of carbonyl (C=O) groups excluding carboxylic acids is 1. The van der Waals surface area contributed by atoms with Crippen molar-refractivity contribution in [2.45, 2.75) is 6.92 Å². The van der Waals surface area contributed by atoms with E-state index in [2.05, 4.69) is 29.2 Å². The van der Waals surface area contributed by atoms with Gasteiger partial charge in [0.15, 0.2) is 16.6 Å². The monoisotopic (exact) mass is 520 g/mol. The first-order valence-electron chi connectivity index (χ1n) is 9.06. The number of halogens is 1. The SMILES string of the molecule is C=CCOc1c(I)cc(/C=C2/C(=O)N(c3ccccc3)C(=S)N2C)cc1OCC. The third kappa shape index (κ3) is 4.45. The van der Waals surface area contributed by atoms with Crippen molar-refractivity contribution in [2.24, 2.45) is 0 Å². The molecule has 1 saturated heterocycles. The number of anilines is 1. The minimum Gasteiger partial charge on any atom is -0.490 e. The van der Waals surface area contributed by atoms with E-state index in [4.69, 9.17) is 21.7 Å². The minimum absolute atomic E-state index is 0.163. The number of carbonyl (C=O) groups is 1. The molecular formula is C22H21IN2O3S. The Morgan fingerprint density at radius 1 is 1.21 bits per heavy atom. The molecule has 1 aliphatic heterocycles. The number of rotatable bonds is 7. The molecule has 0 aliphatic carbocycles. The second-order valence-corrected chi connectivity index (χ2v) is 7.74. The molecule has 2 aromatic rings. The highest BCUT2D eigenvalue weighted by Crippen LogP contribution is 2.36. The molecule has 29 heavy (non-hydrogen) atoms. The Balaban J connectivity index is 1.99. The molecular weight excluding hydrogens is 499 g/mol. The van der Waals surface area contributed by atoms with E-state index in [0.717, 1.165) is 14.8 Å². The third-order valence-electron chi connectivity index (χ3n) is 4.26. The van der Waals surface area contributed by atoms with E-state index < -0.39 is 0 Å². The predicted octanol–water partition coefficient (Wildman–Crippen LogP) is 4.86. The summed E-state index contributed by atoms with van der Waals surface area (Å²) in [5.74, 6) is 1.13. The summed E-state index contributed by atoms with van der Waals surface area (Å²) >= 11 is 7.71. The van der Waals surface area contributed by atoms with Gasteiger partial charge in [-0.1, -0.05) is 30.9 Å². The molecule has 1 aliphatic rings. The molecule has 0 saturated carbocycles. The van der Waals surface area contributed by atoms with Gasteiger partial charge in [0.2, 0.25) is 0 Å². The number of ether oxygens (including phenoxy) is 2. The van der Waals surface area contributed by atoms with Crippen molar-refractivity contribution in [3.63, 3.8) is 0 Å². The van der Waals surface area contributed by atoms with Crippen LogP contribution in [0.5, 0.6) is 11.5 Å². The lowest BCUT2D eigenvalue weighted by atomic mass is 10.1. The molecule has 0 bridgehead atoms. The van der Waals surface area contributed by atoms with Gasteiger partial charge in [-0.05, 0) is 77.6 Å². The molecule has 150 valence electrons. The van der Waals surface area contributed by atoms with Crippen LogP contribution in [-0.2, 0) is 4.79 Å². The highest BCUT2D eigenvalue weighted by Gasteiger charge is 2.36. The summed E-state index contributed by atoms with van der Waals surface area (Å²) in [4.78, 5) is 16.4. The van der Waals surface area contributed by atoms with Gasteiger partial charge >= 0.3 is 0 Å². The number of hydrogen-bond donors (Lipinski definition) is 0. The van der Waals surface area contributed by atoms with Crippen LogP contribution in [0.25, 0.3) is 6.08 Å². The van der Waals surface area contributed by atoms with Gasteiger partial charge in [0.1, 0.15) is 12.3 Å². The van der Waals surface area contributed by atoms with E-state index in [1.54, 1.807) is 18.0 Å². The fourth-order valence-electron chi connectivity index (χ4n) is 2.94. The molecule has 0 atom stereocenters. The van der Waals surface area contributed by atoms with E-state index >= 15 is 0 Å². The van der Waals surface area contributed by atoms with Gasteiger partial charge in [-0.25, -0.2) is 0 Å². The Morgan fingerprint density at radius 3 is 2.59 bits per heavy atom. The lowest BCUT2D eigenvalue weighted by Crippen LogP contribution is -2.30. The maximum atomic E-state index is 13.1. The molecule has 0 spiro atoms. The molecule has 0 unspecified atom stereocenters. The number of benzene rings is 2. The normalized spacial score (nSPS) is 15.2. The number of nitrogens with zero attached hydrogens (tertiary/aromatic N) is 2. The first-order chi connectivity index (χ1) is 14.0. The van der Waals surface area contributed by atoms with Crippen molar-refractivity contribution in [2.75, 3.05) is 25.2 Å². The molecule has 0 aromatic heterocycles. The van der Waals surface area contributed by atoms with Gasteiger partial charge in [0.25, 0.3) is 5.91 Å². The van der Waals surface area contributed by atoms with Crippen molar-refractivity contribution in [3.8, 4) is 11.5 Å². The van der Waals surface area contributed by atoms with Gasteiger partial charge < -0.3 is 14.4 Å². The smallest absolute Gasteiger partial charge is 0.281 e. The lowest BCUT2D eigenvalue weighted by molar-refractivity contribution is -0.114. The number of amides is 1. The zero-order valence-corrected chi connectivity index (χ0v) is 19.2. The van der Waals surface area contributed by atoms with Crippen LogP contribution in [0.2, 0.25) is 0 Å². The maximum Gasteiger partial charge on any atom is 0.281 e. The van der Waals surface area contributed by atoms with E-state index in [9.17, 15) is 4.79 Å². The van der Waals surface area contributed by atoms with E-state index in [0.29, 0.717) is 35.5 Å². The van der Waals surface area contributed by atoms with Crippen molar-refractivity contribution >= 4 is 57.6 Å².